The summed E-state index contributed by atoms with van der Waals surface area (Å²) in [6, 6.07) is 7.27. The van der Waals surface area contributed by atoms with Gasteiger partial charge >= 0.3 is 0 Å². The highest BCUT2D eigenvalue weighted by atomic mass is 16.5. The zero-order valence-corrected chi connectivity index (χ0v) is 7.46. The lowest BCUT2D eigenvalue weighted by atomic mass is 10.0. The predicted molar refractivity (Wildman–Crippen MR) is 47.2 cm³/mol. The van der Waals surface area contributed by atoms with E-state index < -0.39 is 0 Å². The minimum atomic E-state index is 0.482. The largest absolute Gasteiger partial charge is 0.497 e. The highest BCUT2D eigenvalue weighted by molar-refractivity contribution is 5.52. The van der Waals surface area contributed by atoms with Crippen molar-refractivity contribution in [3.63, 3.8) is 0 Å². The van der Waals surface area contributed by atoms with Gasteiger partial charge in [0.25, 0.3) is 0 Å². The van der Waals surface area contributed by atoms with Crippen LogP contribution in [-0.2, 0) is 0 Å². The first-order valence-corrected chi connectivity index (χ1v) is 3.71. The van der Waals surface area contributed by atoms with Gasteiger partial charge in [-0.05, 0) is 24.6 Å². The molecule has 1 aromatic carbocycles. The molecule has 0 aliphatic rings. The van der Waals surface area contributed by atoms with Crippen LogP contribution in [0.15, 0.2) is 12.1 Å². The van der Waals surface area contributed by atoms with Gasteiger partial charge in [0, 0.05) is 0 Å². The van der Waals surface area contributed by atoms with Gasteiger partial charge < -0.3 is 4.74 Å². The minimum absolute atomic E-state index is 0.482. The van der Waals surface area contributed by atoms with Gasteiger partial charge in [-0.2, -0.15) is 10.5 Å². The summed E-state index contributed by atoms with van der Waals surface area (Å²) >= 11 is 0. The van der Waals surface area contributed by atoms with E-state index in [9.17, 15) is 0 Å². The fourth-order valence-electron chi connectivity index (χ4n) is 1.04. The van der Waals surface area contributed by atoms with E-state index in [0.29, 0.717) is 22.4 Å². The average Bonchev–Trinajstić information content (AvgIpc) is 2.18. The van der Waals surface area contributed by atoms with Crippen molar-refractivity contribution in [2.45, 2.75) is 6.92 Å². The van der Waals surface area contributed by atoms with Gasteiger partial charge in [-0.15, -0.1) is 0 Å². The van der Waals surface area contributed by atoms with Crippen LogP contribution in [0.5, 0.6) is 5.75 Å². The number of methoxy groups -OCH3 is 1. The molecule has 0 aromatic heterocycles. The molecule has 0 bridgehead atoms. The molecule has 0 N–H and O–H groups in total. The highest BCUT2D eigenvalue weighted by Gasteiger charge is 2.06. The average molecular weight is 172 g/mol. The van der Waals surface area contributed by atoms with Gasteiger partial charge in [0.15, 0.2) is 0 Å². The van der Waals surface area contributed by atoms with Crippen LogP contribution in [0.3, 0.4) is 0 Å². The summed E-state index contributed by atoms with van der Waals surface area (Å²) in [7, 11) is 1.51. The molecule has 0 spiro atoms. The molecule has 0 saturated heterocycles. The zero-order chi connectivity index (χ0) is 9.84. The van der Waals surface area contributed by atoms with E-state index in [1.54, 1.807) is 19.1 Å². The van der Waals surface area contributed by atoms with Crippen LogP contribution in [0.2, 0.25) is 0 Å². The Morgan fingerprint density at radius 3 is 1.92 bits per heavy atom. The van der Waals surface area contributed by atoms with Crippen molar-refractivity contribution in [1.29, 1.82) is 10.5 Å². The minimum Gasteiger partial charge on any atom is -0.497 e. The maximum atomic E-state index is 8.74. The van der Waals surface area contributed by atoms with Gasteiger partial charge in [-0.3, -0.25) is 0 Å². The molecule has 0 saturated carbocycles. The molecular weight excluding hydrogens is 164 g/mol. The molecule has 13 heavy (non-hydrogen) atoms. The highest BCUT2D eigenvalue weighted by Crippen LogP contribution is 2.20. The van der Waals surface area contributed by atoms with Crippen molar-refractivity contribution in [3.8, 4) is 17.9 Å². The van der Waals surface area contributed by atoms with E-state index in [1.165, 1.54) is 7.11 Å². The Kier molecular flexibility index (Phi) is 2.52. The molecule has 0 atom stereocenters. The Labute approximate surface area is 76.8 Å². The first-order chi connectivity index (χ1) is 6.22. The number of nitriles is 2. The lowest BCUT2D eigenvalue weighted by Gasteiger charge is -2.04. The molecule has 0 fully saturated rings. The third-order valence-corrected chi connectivity index (χ3v) is 1.86. The first kappa shape index (κ1) is 9.09. The third kappa shape index (κ3) is 1.60. The molecule has 1 aromatic rings. The van der Waals surface area contributed by atoms with Crippen molar-refractivity contribution < 1.29 is 4.74 Å². The summed E-state index contributed by atoms with van der Waals surface area (Å²) in [5.74, 6) is 0.540. The number of hydrogen-bond donors (Lipinski definition) is 0. The van der Waals surface area contributed by atoms with E-state index >= 15 is 0 Å². The molecule has 0 heterocycles. The molecule has 0 aliphatic heterocycles. The maximum absolute atomic E-state index is 8.74. The molecule has 3 heteroatoms. The van der Waals surface area contributed by atoms with Crippen LogP contribution in [0.1, 0.15) is 16.7 Å². The second-order valence-corrected chi connectivity index (χ2v) is 2.57. The van der Waals surface area contributed by atoms with Gasteiger partial charge in [-0.1, -0.05) is 0 Å². The molecule has 0 radical (unpaired) electrons. The third-order valence-electron chi connectivity index (χ3n) is 1.86. The van der Waals surface area contributed by atoms with E-state index in [1.807, 2.05) is 12.1 Å². The van der Waals surface area contributed by atoms with Crippen LogP contribution < -0.4 is 4.74 Å². The number of hydrogen-bond acceptors (Lipinski definition) is 3. The van der Waals surface area contributed by atoms with Crippen molar-refractivity contribution >= 4 is 0 Å². The van der Waals surface area contributed by atoms with Crippen molar-refractivity contribution in [1.82, 2.24) is 0 Å². The number of nitrogens with zero attached hydrogens (tertiary/aromatic N) is 2. The number of benzene rings is 1. The van der Waals surface area contributed by atoms with Gasteiger partial charge in [0.2, 0.25) is 0 Å². The lowest BCUT2D eigenvalue weighted by molar-refractivity contribution is 0.414. The van der Waals surface area contributed by atoms with Crippen LogP contribution in [0.25, 0.3) is 0 Å². The standard InChI is InChI=1S/C10H8N2O/c1-7-8(5-11)3-10(13-2)4-9(7)6-12/h3-4H,1-2H3. The first-order valence-electron chi connectivity index (χ1n) is 3.71. The van der Waals surface area contributed by atoms with Crippen LogP contribution in [0, 0.1) is 29.6 Å². The predicted octanol–water partition coefficient (Wildman–Crippen LogP) is 1.75. The van der Waals surface area contributed by atoms with E-state index in [2.05, 4.69) is 0 Å². The Morgan fingerprint density at radius 2 is 1.62 bits per heavy atom. The SMILES string of the molecule is COc1cc(C#N)c(C)c(C#N)c1. The van der Waals surface area contributed by atoms with Gasteiger partial charge in [0.1, 0.15) is 5.75 Å². The summed E-state index contributed by atoms with van der Waals surface area (Å²) in [5, 5.41) is 17.5. The Bertz CT molecular complexity index is 375. The van der Waals surface area contributed by atoms with Crippen molar-refractivity contribution in [3.05, 3.63) is 28.8 Å². The van der Waals surface area contributed by atoms with E-state index in [0.717, 1.165) is 0 Å². The summed E-state index contributed by atoms with van der Waals surface area (Å²) in [6.07, 6.45) is 0. The molecule has 64 valence electrons. The number of rotatable bonds is 1. The topological polar surface area (TPSA) is 56.8 Å². The fraction of sp³-hybridized carbons (Fsp3) is 0.200. The van der Waals surface area contributed by atoms with Gasteiger partial charge in [-0.25, -0.2) is 0 Å². The molecule has 0 amide bonds. The Hall–Kier alpha value is -2.00. The monoisotopic (exact) mass is 172 g/mol. The second kappa shape index (κ2) is 3.60. The normalized spacial score (nSPS) is 8.62. The van der Waals surface area contributed by atoms with Crippen molar-refractivity contribution in [2.75, 3.05) is 7.11 Å². The zero-order valence-electron chi connectivity index (χ0n) is 7.46. The summed E-state index contributed by atoms with van der Waals surface area (Å²) in [4.78, 5) is 0. The molecule has 1 rings (SSSR count). The fourth-order valence-corrected chi connectivity index (χ4v) is 1.04. The Balaban J connectivity index is 3.42. The van der Waals surface area contributed by atoms with Crippen LogP contribution in [0.4, 0.5) is 0 Å². The quantitative estimate of drug-likeness (QED) is 0.648. The van der Waals surface area contributed by atoms with E-state index in [4.69, 9.17) is 15.3 Å². The van der Waals surface area contributed by atoms with Gasteiger partial charge in [0.05, 0.1) is 30.4 Å². The smallest absolute Gasteiger partial charge is 0.121 e. The molecular formula is C10H8N2O. The summed E-state index contributed by atoms with van der Waals surface area (Å²) in [6.45, 7) is 1.75. The number of ether oxygens (including phenoxy) is 1. The summed E-state index contributed by atoms with van der Waals surface area (Å²) in [5.41, 5.74) is 1.66. The Morgan fingerprint density at radius 1 is 1.15 bits per heavy atom. The molecule has 3 nitrogen and oxygen atoms in total. The van der Waals surface area contributed by atoms with Crippen LogP contribution in [-0.4, -0.2) is 7.11 Å². The second-order valence-electron chi connectivity index (χ2n) is 2.57. The molecule has 0 unspecified atom stereocenters. The maximum Gasteiger partial charge on any atom is 0.121 e. The molecule has 0 aliphatic carbocycles. The van der Waals surface area contributed by atoms with Crippen LogP contribution >= 0.6 is 0 Å². The summed E-state index contributed by atoms with van der Waals surface area (Å²) < 4.78 is 4.95. The lowest BCUT2D eigenvalue weighted by Crippen LogP contribution is -1.91. The van der Waals surface area contributed by atoms with Crippen molar-refractivity contribution in [2.24, 2.45) is 0 Å². The van der Waals surface area contributed by atoms with E-state index in [-0.39, 0.29) is 0 Å².